The molecule has 4 rings (SSSR count). The van der Waals surface area contributed by atoms with Crippen LogP contribution in [0.2, 0.25) is 0 Å². The van der Waals surface area contributed by atoms with Gasteiger partial charge in [0.25, 0.3) is 5.91 Å². The minimum Gasteiger partial charge on any atom is -0.384 e. The Morgan fingerprint density at radius 1 is 1.03 bits per heavy atom. The molecule has 0 fully saturated rings. The highest BCUT2D eigenvalue weighted by atomic mass is 32.2. The van der Waals surface area contributed by atoms with Crippen LogP contribution in [0, 0.1) is 6.57 Å². The van der Waals surface area contributed by atoms with Gasteiger partial charge in [0.05, 0.1) is 17.2 Å². The Hall–Kier alpha value is -4.51. The smallest absolute Gasteiger partial charge is 0.384 e. The number of carbonyl (C=O) groups excluding carboxylic acids is 1. The molecule has 1 unspecified atom stereocenters. The number of sulfonamides is 1. The van der Waals surface area contributed by atoms with Crippen LogP contribution in [0.25, 0.3) is 10.5 Å². The number of aliphatic hydroxyl groups excluding tert-OH is 1. The fourth-order valence-corrected chi connectivity index (χ4v) is 4.10. The first kappa shape index (κ1) is 26.6. The van der Waals surface area contributed by atoms with Crippen molar-refractivity contribution in [3.8, 4) is 5.69 Å². The summed E-state index contributed by atoms with van der Waals surface area (Å²) in [6.45, 7) is 7.13. The topological polar surface area (TPSA) is 132 Å². The van der Waals surface area contributed by atoms with Crippen LogP contribution in [-0.2, 0) is 16.2 Å². The molecule has 1 amide bonds. The average molecular weight is 542 g/mol. The van der Waals surface area contributed by atoms with Crippen molar-refractivity contribution in [1.29, 1.82) is 0 Å². The summed E-state index contributed by atoms with van der Waals surface area (Å²) in [6, 6.07) is 17.4. The molecule has 0 saturated heterocycles. The number of nitrogens with two attached hydrogens (primary N) is 1. The lowest BCUT2D eigenvalue weighted by molar-refractivity contribution is -0.141. The number of nitrogens with zero attached hydrogens (tertiary/aromatic N) is 3. The van der Waals surface area contributed by atoms with Gasteiger partial charge in [-0.1, -0.05) is 36.4 Å². The second kappa shape index (κ2) is 10.1. The molecule has 1 aromatic heterocycles. The SMILES string of the molecule is [C-]#[N+]c1cccc(-n2nc(C(F)(F)F)cc2C(=O)Nc2cccc(C(O)c3ccc(S(N)(=O)=O)cc3)c2)c1. The zero-order chi connectivity index (χ0) is 27.7. The van der Waals surface area contributed by atoms with Gasteiger partial charge in [-0.2, -0.15) is 18.3 Å². The zero-order valence-electron chi connectivity index (χ0n) is 19.2. The quantitative estimate of drug-likeness (QED) is 0.311. The summed E-state index contributed by atoms with van der Waals surface area (Å²) >= 11 is 0. The molecule has 38 heavy (non-hydrogen) atoms. The number of hydrogen-bond acceptors (Lipinski definition) is 5. The number of hydrogen-bond donors (Lipinski definition) is 3. The van der Waals surface area contributed by atoms with E-state index in [0.29, 0.717) is 17.2 Å². The van der Waals surface area contributed by atoms with E-state index in [-0.39, 0.29) is 22.0 Å². The predicted molar refractivity (Wildman–Crippen MR) is 131 cm³/mol. The molecule has 0 bridgehead atoms. The third-order valence-corrected chi connectivity index (χ3v) is 6.35. The fraction of sp³-hybridized carbons (Fsp3) is 0.0800. The molecule has 1 heterocycles. The van der Waals surface area contributed by atoms with Gasteiger partial charge in [-0.3, -0.25) is 4.79 Å². The van der Waals surface area contributed by atoms with Crippen LogP contribution in [0.1, 0.15) is 33.4 Å². The van der Waals surface area contributed by atoms with Crippen LogP contribution in [0.5, 0.6) is 0 Å². The largest absolute Gasteiger partial charge is 0.435 e. The summed E-state index contributed by atoms with van der Waals surface area (Å²) in [5.74, 6) is -0.912. The number of benzene rings is 3. The van der Waals surface area contributed by atoms with Gasteiger partial charge in [-0.25, -0.2) is 23.1 Å². The highest BCUT2D eigenvalue weighted by Crippen LogP contribution is 2.31. The van der Waals surface area contributed by atoms with Crippen LogP contribution < -0.4 is 10.5 Å². The summed E-state index contributed by atoms with van der Waals surface area (Å²) in [6.07, 6.45) is -6.03. The molecule has 3 aromatic carbocycles. The van der Waals surface area contributed by atoms with Crippen molar-refractivity contribution >= 4 is 27.3 Å². The third kappa shape index (κ3) is 5.73. The van der Waals surface area contributed by atoms with Crippen LogP contribution in [0.15, 0.2) is 83.8 Å². The summed E-state index contributed by atoms with van der Waals surface area (Å²) in [5.41, 5.74) is -0.646. The van der Waals surface area contributed by atoms with E-state index in [9.17, 15) is 31.5 Å². The number of aliphatic hydroxyl groups is 1. The zero-order valence-corrected chi connectivity index (χ0v) is 20.0. The van der Waals surface area contributed by atoms with Gasteiger partial charge in [-0.15, -0.1) is 0 Å². The molecule has 4 aromatic rings. The molecule has 9 nitrogen and oxygen atoms in total. The van der Waals surface area contributed by atoms with E-state index in [1.807, 2.05) is 0 Å². The Balaban J connectivity index is 1.64. The maximum atomic E-state index is 13.4. The third-order valence-electron chi connectivity index (χ3n) is 5.42. The molecule has 0 aliphatic carbocycles. The standard InChI is InChI=1S/C25H18F3N5O4S/c1-30-17-5-3-7-19(13-17)33-21(14-22(32-33)25(26,27)28)24(35)31-18-6-2-4-16(12-18)23(34)15-8-10-20(11-9-15)38(29,36)37/h2-14,23,34H,(H,31,35)(H2,29,36,37). The fourth-order valence-electron chi connectivity index (χ4n) is 3.59. The Morgan fingerprint density at radius 3 is 2.34 bits per heavy atom. The number of anilines is 1. The summed E-state index contributed by atoms with van der Waals surface area (Å²) < 4.78 is 63.9. The summed E-state index contributed by atoms with van der Waals surface area (Å²) in [5, 5.41) is 21.9. The molecule has 0 spiro atoms. The molecule has 0 saturated carbocycles. The van der Waals surface area contributed by atoms with E-state index in [0.717, 1.165) is 4.68 Å². The number of primary sulfonamides is 1. The average Bonchev–Trinajstić information content (AvgIpc) is 3.35. The minimum absolute atomic E-state index is 0.0891. The van der Waals surface area contributed by atoms with Gasteiger partial charge < -0.3 is 10.4 Å². The van der Waals surface area contributed by atoms with E-state index < -0.39 is 39.6 Å². The van der Waals surface area contributed by atoms with Crippen LogP contribution in [-0.4, -0.2) is 29.2 Å². The van der Waals surface area contributed by atoms with Crippen molar-refractivity contribution in [3.05, 3.63) is 113 Å². The Labute approximate surface area is 214 Å². The van der Waals surface area contributed by atoms with Crippen LogP contribution in [0.3, 0.4) is 0 Å². The van der Waals surface area contributed by atoms with E-state index in [1.165, 1.54) is 66.7 Å². The van der Waals surface area contributed by atoms with Gasteiger partial charge >= 0.3 is 6.18 Å². The number of halogens is 3. The molecule has 0 radical (unpaired) electrons. The first-order chi connectivity index (χ1) is 17.9. The van der Waals surface area contributed by atoms with E-state index in [2.05, 4.69) is 15.3 Å². The van der Waals surface area contributed by atoms with E-state index in [4.69, 9.17) is 11.7 Å². The van der Waals surface area contributed by atoms with Gasteiger partial charge in [0.15, 0.2) is 11.4 Å². The first-order valence-electron chi connectivity index (χ1n) is 10.7. The van der Waals surface area contributed by atoms with E-state index >= 15 is 0 Å². The number of nitrogens with one attached hydrogen (secondary N) is 1. The highest BCUT2D eigenvalue weighted by Gasteiger charge is 2.36. The second-order valence-corrected chi connectivity index (χ2v) is 9.61. The van der Waals surface area contributed by atoms with Gasteiger partial charge in [0.1, 0.15) is 11.8 Å². The molecular weight excluding hydrogens is 523 g/mol. The summed E-state index contributed by atoms with van der Waals surface area (Å²) in [7, 11) is -3.91. The van der Waals surface area contributed by atoms with Crippen molar-refractivity contribution in [2.45, 2.75) is 17.2 Å². The lowest BCUT2D eigenvalue weighted by Crippen LogP contribution is -2.17. The monoisotopic (exact) mass is 541 g/mol. The van der Waals surface area contributed by atoms with Crippen LogP contribution >= 0.6 is 0 Å². The molecule has 13 heteroatoms. The van der Waals surface area contributed by atoms with Gasteiger partial charge in [0, 0.05) is 11.8 Å². The number of alkyl halides is 3. The van der Waals surface area contributed by atoms with Crippen molar-refractivity contribution in [2.24, 2.45) is 5.14 Å². The second-order valence-electron chi connectivity index (χ2n) is 8.05. The number of rotatable bonds is 6. The molecule has 1 atom stereocenters. The maximum Gasteiger partial charge on any atom is 0.435 e. The number of carbonyl (C=O) groups is 1. The molecular formula is C25H18F3N5O4S. The predicted octanol–water partition coefficient (Wildman–Crippen LogP) is 4.42. The minimum atomic E-state index is -4.82. The number of aromatic nitrogens is 2. The van der Waals surface area contributed by atoms with Crippen molar-refractivity contribution in [3.63, 3.8) is 0 Å². The van der Waals surface area contributed by atoms with Crippen molar-refractivity contribution in [1.82, 2.24) is 9.78 Å². The van der Waals surface area contributed by atoms with Crippen molar-refractivity contribution in [2.75, 3.05) is 5.32 Å². The Bertz CT molecular complexity index is 1660. The van der Waals surface area contributed by atoms with Crippen LogP contribution in [0.4, 0.5) is 24.5 Å². The summed E-state index contributed by atoms with van der Waals surface area (Å²) in [4.78, 5) is 16.2. The number of amides is 1. The Morgan fingerprint density at radius 2 is 1.71 bits per heavy atom. The maximum absolute atomic E-state index is 13.4. The lowest BCUT2D eigenvalue weighted by Gasteiger charge is -2.14. The normalized spacial score (nSPS) is 12.5. The molecule has 4 N–H and O–H groups in total. The van der Waals surface area contributed by atoms with E-state index in [1.54, 1.807) is 6.07 Å². The first-order valence-corrected chi connectivity index (χ1v) is 12.3. The van der Waals surface area contributed by atoms with Gasteiger partial charge in [-0.05, 0) is 47.5 Å². The molecule has 0 aliphatic heterocycles. The molecule has 0 aliphatic rings. The lowest BCUT2D eigenvalue weighted by atomic mass is 10.0. The van der Waals surface area contributed by atoms with Gasteiger partial charge in [0.2, 0.25) is 10.0 Å². The molecule has 194 valence electrons. The Kier molecular flexibility index (Phi) is 7.05. The van der Waals surface area contributed by atoms with Crippen molar-refractivity contribution < 1.29 is 31.5 Å². The highest BCUT2D eigenvalue weighted by molar-refractivity contribution is 7.89.